The molecular weight excluding hydrogens is 352 g/mol. The van der Waals surface area contributed by atoms with Gasteiger partial charge < -0.3 is 9.32 Å². The Balaban J connectivity index is 1.41. The van der Waals surface area contributed by atoms with Crippen molar-refractivity contribution >= 4 is 16.9 Å². The van der Waals surface area contributed by atoms with Crippen molar-refractivity contribution in [3.05, 3.63) is 60.4 Å². The van der Waals surface area contributed by atoms with Crippen LogP contribution in [0.15, 0.2) is 53.7 Å². The number of benzene rings is 1. The molecule has 0 N–H and O–H groups in total. The number of fused-ring (bicyclic) bond motifs is 1. The van der Waals surface area contributed by atoms with Gasteiger partial charge in [0.05, 0.1) is 6.26 Å². The second-order valence-corrected chi connectivity index (χ2v) is 7.51. The number of hydrogen-bond donors (Lipinski definition) is 0. The molecule has 1 aliphatic heterocycles. The molecule has 1 saturated heterocycles. The van der Waals surface area contributed by atoms with Crippen LogP contribution in [0.3, 0.4) is 0 Å². The first-order valence-electron chi connectivity index (χ1n) is 9.89. The third-order valence-corrected chi connectivity index (χ3v) is 5.56. The summed E-state index contributed by atoms with van der Waals surface area (Å²) in [5.41, 5.74) is 3.15. The van der Waals surface area contributed by atoms with Crippen LogP contribution >= 0.6 is 0 Å². The number of para-hydroxylation sites is 1. The van der Waals surface area contributed by atoms with Gasteiger partial charge in [0.2, 0.25) is 5.91 Å². The first kappa shape index (κ1) is 18.6. The molecule has 2 aromatic heterocycles. The molecule has 4 rings (SSSR count). The van der Waals surface area contributed by atoms with Gasteiger partial charge in [0.25, 0.3) is 0 Å². The number of aromatic nitrogens is 2. The maximum atomic E-state index is 12.3. The minimum atomic E-state index is 0.114. The highest BCUT2D eigenvalue weighted by molar-refractivity contribution is 5.80. The van der Waals surface area contributed by atoms with Gasteiger partial charge in [0.15, 0.2) is 0 Å². The van der Waals surface area contributed by atoms with E-state index in [1.165, 1.54) is 17.3 Å². The number of nitrogens with zero attached hydrogens (tertiary/aromatic N) is 4. The summed E-state index contributed by atoms with van der Waals surface area (Å²) in [5, 5.41) is 1.19. The molecule has 1 aromatic carbocycles. The number of rotatable bonds is 5. The van der Waals surface area contributed by atoms with Crippen molar-refractivity contribution in [2.24, 2.45) is 0 Å². The lowest BCUT2D eigenvalue weighted by Crippen LogP contribution is -2.39. The Kier molecular flexibility index (Phi) is 5.67. The Morgan fingerprint density at radius 3 is 2.86 bits per heavy atom. The fourth-order valence-electron chi connectivity index (χ4n) is 4.11. The zero-order valence-corrected chi connectivity index (χ0v) is 16.3. The Labute approximate surface area is 165 Å². The number of amides is 1. The lowest BCUT2D eigenvalue weighted by molar-refractivity contribution is -0.132. The third-order valence-electron chi connectivity index (χ3n) is 5.56. The summed E-state index contributed by atoms with van der Waals surface area (Å²) in [6.07, 6.45) is 10.1. The molecule has 146 valence electrons. The molecule has 28 heavy (non-hydrogen) atoms. The summed E-state index contributed by atoms with van der Waals surface area (Å²) in [6, 6.07) is 8.44. The van der Waals surface area contributed by atoms with E-state index in [2.05, 4.69) is 27.0 Å². The van der Waals surface area contributed by atoms with Gasteiger partial charge in [-0.05, 0) is 31.9 Å². The van der Waals surface area contributed by atoms with Gasteiger partial charge in [-0.25, -0.2) is 9.97 Å². The molecule has 1 amide bonds. The summed E-state index contributed by atoms with van der Waals surface area (Å²) in [7, 11) is 0. The Morgan fingerprint density at radius 2 is 2.04 bits per heavy atom. The zero-order valence-electron chi connectivity index (χ0n) is 16.3. The van der Waals surface area contributed by atoms with E-state index in [-0.39, 0.29) is 11.9 Å². The molecule has 0 aliphatic carbocycles. The fraction of sp³-hybridized carbons (Fsp3) is 0.409. The van der Waals surface area contributed by atoms with Crippen LogP contribution in [0.5, 0.6) is 0 Å². The Hall–Kier alpha value is -2.73. The van der Waals surface area contributed by atoms with Crippen molar-refractivity contribution in [3.8, 4) is 0 Å². The van der Waals surface area contributed by atoms with Crippen molar-refractivity contribution in [1.29, 1.82) is 0 Å². The zero-order chi connectivity index (χ0) is 19.3. The van der Waals surface area contributed by atoms with E-state index in [0.717, 1.165) is 50.0 Å². The van der Waals surface area contributed by atoms with Gasteiger partial charge in [-0.15, -0.1) is 0 Å². The van der Waals surface area contributed by atoms with E-state index in [1.54, 1.807) is 19.3 Å². The molecule has 6 heteroatoms. The van der Waals surface area contributed by atoms with Gasteiger partial charge in [0, 0.05) is 61.5 Å². The first-order valence-corrected chi connectivity index (χ1v) is 9.89. The summed E-state index contributed by atoms with van der Waals surface area (Å²) >= 11 is 0. The number of furan rings is 1. The van der Waals surface area contributed by atoms with Gasteiger partial charge in [-0.2, -0.15) is 0 Å². The molecule has 1 fully saturated rings. The molecule has 0 bridgehead atoms. The second-order valence-electron chi connectivity index (χ2n) is 7.51. The van der Waals surface area contributed by atoms with Crippen molar-refractivity contribution in [2.45, 2.75) is 45.3 Å². The van der Waals surface area contributed by atoms with E-state index in [1.807, 2.05) is 23.3 Å². The van der Waals surface area contributed by atoms with Crippen LogP contribution in [0, 0.1) is 0 Å². The van der Waals surface area contributed by atoms with Crippen LogP contribution < -0.4 is 0 Å². The van der Waals surface area contributed by atoms with E-state index in [9.17, 15) is 4.79 Å². The van der Waals surface area contributed by atoms with Gasteiger partial charge in [0.1, 0.15) is 11.9 Å². The third kappa shape index (κ3) is 4.22. The van der Waals surface area contributed by atoms with Crippen LogP contribution in [0.2, 0.25) is 0 Å². The largest absolute Gasteiger partial charge is 0.464 e. The van der Waals surface area contributed by atoms with E-state index in [4.69, 9.17) is 4.42 Å². The molecule has 3 heterocycles. The monoisotopic (exact) mass is 378 g/mol. The van der Waals surface area contributed by atoms with Crippen molar-refractivity contribution in [1.82, 2.24) is 19.8 Å². The second kappa shape index (κ2) is 8.52. The lowest BCUT2D eigenvalue weighted by Gasteiger charge is -2.30. The molecule has 0 spiro atoms. The number of likely N-dealkylation sites (tertiary alicyclic amines) is 1. The SMILES string of the molecule is CC(=O)N(Cc1cncnc1)[C@H]1CCCN(Cc2coc3ccccc23)CC1. The van der Waals surface area contributed by atoms with Crippen molar-refractivity contribution < 1.29 is 9.21 Å². The van der Waals surface area contributed by atoms with Crippen LogP contribution in [-0.2, 0) is 17.9 Å². The molecular formula is C22H26N4O2. The minimum Gasteiger partial charge on any atom is -0.464 e. The molecule has 6 nitrogen and oxygen atoms in total. The van der Waals surface area contributed by atoms with Crippen LogP contribution in [0.25, 0.3) is 11.0 Å². The van der Waals surface area contributed by atoms with E-state index < -0.39 is 0 Å². The van der Waals surface area contributed by atoms with Crippen molar-refractivity contribution in [2.75, 3.05) is 13.1 Å². The van der Waals surface area contributed by atoms with Crippen LogP contribution in [0.4, 0.5) is 0 Å². The quantitative estimate of drug-likeness (QED) is 0.678. The average Bonchev–Trinajstić information content (AvgIpc) is 2.97. The normalized spacial score (nSPS) is 18.1. The Bertz CT molecular complexity index is 924. The fourth-order valence-corrected chi connectivity index (χ4v) is 4.11. The van der Waals surface area contributed by atoms with Gasteiger partial charge in [-0.1, -0.05) is 18.2 Å². The molecule has 3 aromatic rings. The van der Waals surface area contributed by atoms with Gasteiger partial charge >= 0.3 is 0 Å². The highest BCUT2D eigenvalue weighted by Gasteiger charge is 2.25. The van der Waals surface area contributed by atoms with Crippen molar-refractivity contribution in [3.63, 3.8) is 0 Å². The maximum absolute atomic E-state index is 12.3. The van der Waals surface area contributed by atoms with Crippen LogP contribution in [0.1, 0.15) is 37.3 Å². The number of carbonyl (C=O) groups is 1. The van der Waals surface area contributed by atoms with E-state index in [0.29, 0.717) is 6.54 Å². The highest BCUT2D eigenvalue weighted by atomic mass is 16.3. The Morgan fingerprint density at radius 1 is 1.21 bits per heavy atom. The molecule has 0 radical (unpaired) electrons. The predicted octanol–water partition coefficient (Wildman–Crippen LogP) is 3.63. The molecule has 1 aliphatic rings. The first-order chi connectivity index (χ1) is 13.7. The molecule has 0 saturated carbocycles. The van der Waals surface area contributed by atoms with Gasteiger partial charge in [-0.3, -0.25) is 9.69 Å². The summed E-state index contributed by atoms with van der Waals surface area (Å²) in [4.78, 5) is 24.9. The predicted molar refractivity (Wildman–Crippen MR) is 107 cm³/mol. The number of carbonyl (C=O) groups excluding carboxylic acids is 1. The number of hydrogen-bond acceptors (Lipinski definition) is 5. The highest BCUT2D eigenvalue weighted by Crippen LogP contribution is 2.25. The lowest BCUT2D eigenvalue weighted by atomic mass is 10.1. The standard InChI is InChI=1S/C22H26N4O2/c1-17(27)26(13-18-11-23-16-24-12-18)20-5-4-9-25(10-8-20)14-19-15-28-22-7-3-2-6-21(19)22/h2-3,6-7,11-12,15-16,20H,4-5,8-10,13-14H2,1H3/t20-/m0/s1. The average molecular weight is 378 g/mol. The smallest absolute Gasteiger partial charge is 0.219 e. The maximum Gasteiger partial charge on any atom is 0.219 e. The van der Waals surface area contributed by atoms with Crippen LogP contribution in [-0.4, -0.2) is 44.8 Å². The minimum absolute atomic E-state index is 0.114. The van der Waals surface area contributed by atoms with E-state index >= 15 is 0 Å². The molecule has 0 unspecified atom stereocenters. The topological polar surface area (TPSA) is 62.5 Å². The summed E-state index contributed by atoms with van der Waals surface area (Å²) in [5.74, 6) is 0.114. The molecule has 1 atom stereocenters. The summed E-state index contributed by atoms with van der Waals surface area (Å²) < 4.78 is 5.69. The summed E-state index contributed by atoms with van der Waals surface area (Å²) in [6.45, 7) is 5.13.